The third kappa shape index (κ3) is 65.7. The first kappa shape index (κ1) is 78.6. The summed E-state index contributed by atoms with van der Waals surface area (Å²) in [6, 6.07) is -0.625. The number of aliphatic hydroxyl groups is 2. The van der Waals surface area contributed by atoms with Gasteiger partial charge >= 0.3 is 5.97 Å². The fourth-order valence-corrected chi connectivity index (χ4v) is 11.9. The number of allylic oxidation sites excluding steroid dienone is 1. The number of hydrogen-bond acceptors (Lipinski definition) is 5. The number of carbonyl (C=O) groups excluding carboxylic acids is 2. The topological polar surface area (TPSA) is 95.9 Å². The van der Waals surface area contributed by atoms with E-state index >= 15 is 0 Å². The van der Waals surface area contributed by atoms with Crippen molar-refractivity contribution in [2.24, 2.45) is 0 Å². The molecule has 3 N–H and O–H groups in total. The van der Waals surface area contributed by atoms with E-state index in [4.69, 9.17) is 4.74 Å². The summed E-state index contributed by atoms with van der Waals surface area (Å²) in [6.07, 6.45) is 87.4. The van der Waals surface area contributed by atoms with Crippen LogP contribution in [0.3, 0.4) is 0 Å². The standard InChI is InChI=1S/C74H145NO5/c1-3-5-7-9-11-13-15-17-18-19-20-30-33-36-39-43-46-50-54-58-62-66-72(77)71(70-76)75-73(78)67-63-59-55-51-47-44-40-37-34-31-28-26-24-22-21-23-25-27-29-32-35-38-41-45-49-53-57-61-65-69-80-74(79)68-64-60-56-52-48-42-16-14-12-10-8-6-4-2/h62,66,71-72,76-77H,3-61,63-65,67-70H2,1-2H3,(H,75,78)/b66-62+. The van der Waals surface area contributed by atoms with Crippen molar-refractivity contribution in [2.45, 2.75) is 437 Å². The average molecular weight is 1130 g/mol. The Labute approximate surface area is 501 Å². The number of carbonyl (C=O) groups is 2. The Hall–Kier alpha value is -1.40. The molecule has 6 nitrogen and oxygen atoms in total. The summed E-state index contributed by atoms with van der Waals surface area (Å²) in [6.45, 7) is 4.96. The number of unbranched alkanes of at least 4 members (excludes halogenated alkanes) is 59. The molecule has 6 heteroatoms. The summed E-state index contributed by atoms with van der Waals surface area (Å²) < 4.78 is 5.49. The Morgan fingerprint density at radius 3 is 0.850 bits per heavy atom. The number of esters is 1. The maximum Gasteiger partial charge on any atom is 0.305 e. The summed E-state index contributed by atoms with van der Waals surface area (Å²) in [5.41, 5.74) is 0. The molecule has 0 rings (SSSR count). The van der Waals surface area contributed by atoms with Crippen molar-refractivity contribution >= 4 is 11.9 Å². The van der Waals surface area contributed by atoms with Gasteiger partial charge in [-0.15, -0.1) is 0 Å². The predicted molar refractivity (Wildman–Crippen MR) is 352 cm³/mol. The first-order valence-corrected chi connectivity index (χ1v) is 37.0. The Bertz CT molecular complexity index is 1210. The van der Waals surface area contributed by atoms with E-state index < -0.39 is 12.1 Å². The predicted octanol–water partition coefficient (Wildman–Crippen LogP) is 23.9. The molecular formula is C74H145NO5. The summed E-state index contributed by atoms with van der Waals surface area (Å²) in [5, 5.41) is 23.3. The molecule has 0 aliphatic rings. The third-order valence-electron chi connectivity index (χ3n) is 17.6. The number of rotatable bonds is 70. The normalized spacial score (nSPS) is 12.5. The Kier molecular flexibility index (Phi) is 68.9. The van der Waals surface area contributed by atoms with Gasteiger partial charge in [0.25, 0.3) is 0 Å². The van der Waals surface area contributed by atoms with Crippen LogP contribution in [0.1, 0.15) is 425 Å². The number of hydrogen-bond donors (Lipinski definition) is 3. The Morgan fingerprint density at radius 1 is 0.338 bits per heavy atom. The lowest BCUT2D eigenvalue weighted by Gasteiger charge is -2.20. The van der Waals surface area contributed by atoms with Crippen molar-refractivity contribution in [1.29, 1.82) is 0 Å². The van der Waals surface area contributed by atoms with Crippen LogP contribution in [0.2, 0.25) is 0 Å². The van der Waals surface area contributed by atoms with E-state index in [1.54, 1.807) is 6.08 Å². The van der Waals surface area contributed by atoms with Crippen LogP contribution in [0.25, 0.3) is 0 Å². The molecular weight excluding hydrogens is 983 g/mol. The van der Waals surface area contributed by atoms with Crippen molar-refractivity contribution in [2.75, 3.05) is 13.2 Å². The van der Waals surface area contributed by atoms with Crippen molar-refractivity contribution in [3.63, 3.8) is 0 Å². The summed E-state index contributed by atoms with van der Waals surface area (Å²) in [4.78, 5) is 24.6. The SMILES string of the molecule is CCCCCCCCCCCCCCCCCCCCC/C=C/C(O)C(CO)NC(=O)CCCCCCCCCCCCCCCCCCCCCCCCCCCCCCCOC(=O)CCCCCCCCCCCCCCC. The van der Waals surface area contributed by atoms with E-state index in [1.807, 2.05) is 6.08 Å². The van der Waals surface area contributed by atoms with Gasteiger partial charge in [-0.1, -0.05) is 392 Å². The highest BCUT2D eigenvalue weighted by Gasteiger charge is 2.18. The smallest absolute Gasteiger partial charge is 0.305 e. The maximum atomic E-state index is 12.5. The monoisotopic (exact) mass is 1130 g/mol. The van der Waals surface area contributed by atoms with Crippen LogP contribution in [-0.4, -0.2) is 47.4 Å². The molecule has 0 fully saturated rings. The van der Waals surface area contributed by atoms with Crippen LogP contribution in [0.15, 0.2) is 12.2 Å². The minimum absolute atomic E-state index is 0.0217. The van der Waals surface area contributed by atoms with Gasteiger partial charge in [-0.05, 0) is 32.1 Å². The van der Waals surface area contributed by atoms with E-state index in [2.05, 4.69) is 19.2 Å². The lowest BCUT2D eigenvalue weighted by atomic mass is 10.0. The van der Waals surface area contributed by atoms with Gasteiger partial charge < -0.3 is 20.3 Å². The second-order valence-electron chi connectivity index (χ2n) is 25.6. The highest BCUT2D eigenvalue weighted by Crippen LogP contribution is 2.20. The molecule has 0 aromatic heterocycles. The van der Waals surface area contributed by atoms with Gasteiger partial charge in [0.2, 0.25) is 5.91 Å². The van der Waals surface area contributed by atoms with Gasteiger partial charge in [-0.3, -0.25) is 9.59 Å². The molecule has 2 atom stereocenters. The van der Waals surface area contributed by atoms with Crippen LogP contribution >= 0.6 is 0 Å². The van der Waals surface area contributed by atoms with Crippen LogP contribution < -0.4 is 5.32 Å². The molecule has 0 saturated carbocycles. The summed E-state index contributed by atoms with van der Waals surface area (Å²) in [5.74, 6) is -0.0378. The molecule has 0 spiro atoms. The Balaban J connectivity index is 3.36. The fourth-order valence-electron chi connectivity index (χ4n) is 11.9. The van der Waals surface area contributed by atoms with Crippen molar-refractivity contribution in [3.05, 3.63) is 12.2 Å². The van der Waals surface area contributed by atoms with E-state index in [9.17, 15) is 19.8 Å². The molecule has 0 saturated heterocycles. The molecule has 0 radical (unpaired) electrons. The zero-order chi connectivity index (χ0) is 57.8. The molecule has 0 aliphatic carbocycles. The lowest BCUT2D eigenvalue weighted by Crippen LogP contribution is -2.45. The number of aliphatic hydroxyl groups excluding tert-OH is 2. The third-order valence-corrected chi connectivity index (χ3v) is 17.6. The number of ether oxygens (including phenoxy) is 1. The molecule has 1 amide bonds. The zero-order valence-electron chi connectivity index (χ0n) is 54.6. The van der Waals surface area contributed by atoms with Gasteiger partial charge in [0.1, 0.15) is 0 Å². The number of amides is 1. The second-order valence-corrected chi connectivity index (χ2v) is 25.6. The van der Waals surface area contributed by atoms with E-state index in [0.717, 1.165) is 38.5 Å². The quantitative estimate of drug-likeness (QED) is 0.0320. The van der Waals surface area contributed by atoms with Crippen molar-refractivity contribution in [3.8, 4) is 0 Å². The van der Waals surface area contributed by atoms with Gasteiger partial charge in [0.05, 0.1) is 25.4 Å². The molecule has 0 heterocycles. The molecule has 0 aromatic rings. The molecule has 2 unspecified atom stereocenters. The first-order chi connectivity index (χ1) is 39.5. The van der Waals surface area contributed by atoms with Gasteiger partial charge in [0, 0.05) is 12.8 Å². The zero-order valence-corrected chi connectivity index (χ0v) is 54.6. The van der Waals surface area contributed by atoms with Crippen LogP contribution in [0, 0.1) is 0 Å². The highest BCUT2D eigenvalue weighted by atomic mass is 16.5. The highest BCUT2D eigenvalue weighted by molar-refractivity contribution is 5.76. The number of nitrogens with one attached hydrogen (secondary N) is 1. The van der Waals surface area contributed by atoms with Crippen LogP contribution in [-0.2, 0) is 14.3 Å². The van der Waals surface area contributed by atoms with Crippen LogP contribution in [0.5, 0.6) is 0 Å². The minimum Gasteiger partial charge on any atom is -0.466 e. The molecule has 80 heavy (non-hydrogen) atoms. The van der Waals surface area contributed by atoms with Gasteiger partial charge in [-0.2, -0.15) is 0 Å². The van der Waals surface area contributed by atoms with E-state index in [-0.39, 0.29) is 18.5 Å². The van der Waals surface area contributed by atoms with Crippen molar-refractivity contribution < 1.29 is 24.5 Å². The Morgan fingerprint density at radius 2 is 0.575 bits per heavy atom. The van der Waals surface area contributed by atoms with Gasteiger partial charge in [-0.25, -0.2) is 0 Å². The van der Waals surface area contributed by atoms with E-state index in [1.165, 1.54) is 360 Å². The first-order valence-electron chi connectivity index (χ1n) is 37.0. The van der Waals surface area contributed by atoms with E-state index in [0.29, 0.717) is 19.4 Å². The minimum atomic E-state index is -0.842. The fraction of sp³-hybridized carbons (Fsp3) is 0.946. The lowest BCUT2D eigenvalue weighted by molar-refractivity contribution is -0.143. The molecule has 0 aliphatic heterocycles. The molecule has 476 valence electrons. The van der Waals surface area contributed by atoms with Crippen LogP contribution in [0.4, 0.5) is 0 Å². The maximum absolute atomic E-state index is 12.5. The molecule has 0 bridgehead atoms. The van der Waals surface area contributed by atoms with Crippen molar-refractivity contribution in [1.82, 2.24) is 5.32 Å². The summed E-state index contributed by atoms with van der Waals surface area (Å²) >= 11 is 0. The average Bonchev–Trinajstić information content (AvgIpc) is 3.46. The largest absolute Gasteiger partial charge is 0.466 e. The van der Waals surface area contributed by atoms with Gasteiger partial charge in [0.15, 0.2) is 0 Å². The molecule has 0 aromatic carbocycles. The summed E-state index contributed by atoms with van der Waals surface area (Å²) in [7, 11) is 0. The second kappa shape index (κ2) is 70.1.